The van der Waals surface area contributed by atoms with Crippen LogP contribution in [0, 0.1) is 28.1 Å². The fraction of sp³-hybridized carbons (Fsp3) is 0.926. The average molecular weight is 435 g/mol. The van der Waals surface area contributed by atoms with Gasteiger partial charge < -0.3 is 9.47 Å². The lowest BCUT2D eigenvalue weighted by Crippen LogP contribution is -2.27. The highest BCUT2D eigenvalue weighted by Crippen LogP contribution is 2.33. The predicted octanol–water partition coefficient (Wildman–Crippen LogP) is 8.11. The van der Waals surface area contributed by atoms with Crippen LogP contribution in [0.1, 0.15) is 129 Å². The lowest BCUT2D eigenvalue weighted by atomic mass is 9.78. The third kappa shape index (κ3) is 19.3. The van der Waals surface area contributed by atoms with Crippen LogP contribution in [0.25, 0.3) is 0 Å². The average Bonchev–Trinajstić information content (AvgIpc) is 2.77. The summed E-state index contributed by atoms with van der Waals surface area (Å²) in [5, 5.41) is 18.6. The molecule has 0 bridgehead atoms. The third-order valence-electron chi connectivity index (χ3n) is 6.10. The smallest absolute Gasteiger partial charge is 0.0628 e. The van der Waals surface area contributed by atoms with Gasteiger partial charge in [-0.2, -0.15) is 10.5 Å². The summed E-state index contributed by atoms with van der Waals surface area (Å²) in [4.78, 5) is 0. The Balaban J connectivity index is 3.95. The first-order valence-electron chi connectivity index (χ1n) is 13.1. The molecule has 180 valence electrons. The number of hydrogen-bond acceptors (Lipinski definition) is 4. The summed E-state index contributed by atoms with van der Waals surface area (Å²) >= 11 is 0. The van der Waals surface area contributed by atoms with Crippen molar-refractivity contribution in [3.63, 3.8) is 0 Å². The van der Waals surface area contributed by atoms with E-state index in [0.29, 0.717) is 19.4 Å². The van der Waals surface area contributed by atoms with Gasteiger partial charge in [0.15, 0.2) is 0 Å². The van der Waals surface area contributed by atoms with Crippen molar-refractivity contribution in [2.24, 2.45) is 5.41 Å². The minimum Gasteiger partial charge on any atom is -0.381 e. The summed E-state index contributed by atoms with van der Waals surface area (Å²) in [5.41, 5.74) is -0.291. The van der Waals surface area contributed by atoms with Crippen LogP contribution in [-0.4, -0.2) is 26.4 Å². The minimum absolute atomic E-state index is 0.291. The standard InChI is InChI=1S/C27H50N2O2/c1-3-5-7-8-9-10-12-17-25-31-26-27(19-21-28,20-22-29)18-14-11-13-16-24-30-23-15-6-4-2/h3-20,23-26H2,1-2H3. The van der Waals surface area contributed by atoms with E-state index in [9.17, 15) is 10.5 Å². The fourth-order valence-electron chi connectivity index (χ4n) is 3.99. The molecule has 0 fully saturated rings. The molecule has 0 radical (unpaired) electrons. The largest absolute Gasteiger partial charge is 0.381 e. The van der Waals surface area contributed by atoms with E-state index < -0.39 is 0 Å². The molecule has 0 aromatic rings. The normalized spacial score (nSPS) is 11.4. The van der Waals surface area contributed by atoms with Gasteiger partial charge in [0.2, 0.25) is 0 Å². The zero-order valence-corrected chi connectivity index (χ0v) is 20.8. The first kappa shape index (κ1) is 29.9. The minimum atomic E-state index is -0.291. The quantitative estimate of drug-likeness (QED) is 0.144. The van der Waals surface area contributed by atoms with Crippen molar-refractivity contribution in [3.05, 3.63) is 0 Å². The van der Waals surface area contributed by atoms with Crippen molar-refractivity contribution in [1.29, 1.82) is 10.5 Å². The zero-order valence-electron chi connectivity index (χ0n) is 20.8. The van der Waals surface area contributed by atoms with Gasteiger partial charge in [-0.1, -0.05) is 90.9 Å². The van der Waals surface area contributed by atoms with Gasteiger partial charge in [-0.05, 0) is 25.7 Å². The van der Waals surface area contributed by atoms with Gasteiger partial charge >= 0.3 is 0 Å². The SMILES string of the molecule is CCCCCCCCCCOCC(CC#N)(CC#N)CCCCCCOCCCCC. The first-order chi connectivity index (χ1) is 15.2. The van der Waals surface area contributed by atoms with Crippen molar-refractivity contribution >= 4 is 0 Å². The molecule has 4 heteroatoms. The maximum Gasteiger partial charge on any atom is 0.0628 e. The molecule has 31 heavy (non-hydrogen) atoms. The highest BCUT2D eigenvalue weighted by atomic mass is 16.5. The third-order valence-corrected chi connectivity index (χ3v) is 6.10. The van der Waals surface area contributed by atoms with Crippen LogP contribution in [0.15, 0.2) is 0 Å². The molecule has 0 rings (SSSR count). The van der Waals surface area contributed by atoms with Gasteiger partial charge in [0.05, 0.1) is 18.7 Å². The predicted molar refractivity (Wildman–Crippen MR) is 130 cm³/mol. The van der Waals surface area contributed by atoms with Crippen LogP contribution < -0.4 is 0 Å². The summed E-state index contributed by atoms with van der Waals surface area (Å²) in [7, 11) is 0. The summed E-state index contributed by atoms with van der Waals surface area (Å²) in [5.74, 6) is 0. The van der Waals surface area contributed by atoms with Crippen molar-refractivity contribution in [2.45, 2.75) is 129 Å². The molecule has 0 aromatic heterocycles. The van der Waals surface area contributed by atoms with Crippen molar-refractivity contribution in [2.75, 3.05) is 26.4 Å². The van der Waals surface area contributed by atoms with Crippen LogP contribution >= 0.6 is 0 Å². The fourth-order valence-corrected chi connectivity index (χ4v) is 3.99. The molecule has 4 nitrogen and oxygen atoms in total. The Labute approximate surface area is 193 Å². The van der Waals surface area contributed by atoms with Crippen LogP contribution in [0.3, 0.4) is 0 Å². The Morgan fingerprint density at radius 3 is 1.52 bits per heavy atom. The molecule has 0 amide bonds. The molecule has 0 aliphatic heterocycles. The number of nitrogens with zero attached hydrogens (tertiary/aromatic N) is 2. The molecule has 0 saturated carbocycles. The van der Waals surface area contributed by atoms with E-state index in [0.717, 1.165) is 58.3 Å². The maximum atomic E-state index is 9.32. The summed E-state index contributed by atoms with van der Waals surface area (Å²) < 4.78 is 11.6. The Morgan fingerprint density at radius 1 is 0.548 bits per heavy atom. The van der Waals surface area contributed by atoms with Gasteiger partial charge in [0.25, 0.3) is 0 Å². The Morgan fingerprint density at radius 2 is 0.968 bits per heavy atom. The highest BCUT2D eigenvalue weighted by molar-refractivity contribution is 4.95. The van der Waals surface area contributed by atoms with E-state index in [-0.39, 0.29) is 5.41 Å². The van der Waals surface area contributed by atoms with Crippen LogP contribution in [0.4, 0.5) is 0 Å². The zero-order chi connectivity index (χ0) is 22.9. The van der Waals surface area contributed by atoms with Crippen molar-refractivity contribution in [1.82, 2.24) is 0 Å². The van der Waals surface area contributed by atoms with E-state index in [1.807, 2.05) is 0 Å². The molecular formula is C27H50N2O2. The molecular weight excluding hydrogens is 384 g/mol. The molecule has 0 aliphatic carbocycles. The summed E-state index contributed by atoms with van der Waals surface area (Å²) in [6.07, 6.45) is 20.1. The topological polar surface area (TPSA) is 66.0 Å². The van der Waals surface area contributed by atoms with Crippen LogP contribution in [0.2, 0.25) is 0 Å². The van der Waals surface area contributed by atoms with E-state index in [4.69, 9.17) is 9.47 Å². The molecule has 0 aliphatic rings. The monoisotopic (exact) mass is 434 g/mol. The van der Waals surface area contributed by atoms with Gasteiger partial charge in [-0.25, -0.2) is 0 Å². The summed E-state index contributed by atoms with van der Waals surface area (Å²) in [6, 6.07) is 4.63. The van der Waals surface area contributed by atoms with E-state index in [1.165, 1.54) is 64.2 Å². The Bertz CT molecular complexity index is 411. The molecule has 0 saturated heterocycles. The second-order valence-corrected chi connectivity index (χ2v) is 9.18. The number of nitriles is 2. The first-order valence-corrected chi connectivity index (χ1v) is 13.1. The second kappa shape index (κ2) is 23.6. The second-order valence-electron chi connectivity index (χ2n) is 9.18. The lowest BCUT2D eigenvalue weighted by molar-refractivity contribution is 0.0385. The van der Waals surface area contributed by atoms with Gasteiger partial charge in [0, 0.05) is 38.1 Å². The number of rotatable bonds is 24. The van der Waals surface area contributed by atoms with E-state index >= 15 is 0 Å². The Hall–Kier alpha value is -1.10. The highest BCUT2D eigenvalue weighted by Gasteiger charge is 2.30. The van der Waals surface area contributed by atoms with Crippen LogP contribution in [-0.2, 0) is 9.47 Å². The van der Waals surface area contributed by atoms with Crippen molar-refractivity contribution in [3.8, 4) is 12.1 Å². The molecule has 0 unspecified atom stereocenters. The number of hydrogen-bond donors (Lipinski definition) is 0. The van der Waals surface area contributed by atoms with Gasteiger partial charge in [-0.15, -0.1) is 0 Å². The number of ether oxygens (including phenoxy) is 2. The van der Waals surface area contributed by atoms with Crippen molar-refractivity contribution < 1.29 is 9.47 Å². The molecule has 0 spiro atoms. The molecule has 0 N–H and O–H groups in total. The molecule has 0 heterocycles. The molecule has 0 atom stereocenters. The van der Waals surface area contributed by atoms with Crippen LogP contribution in [0.5, 0.6) is 0 Å². The lowest BCUT2D eigenvalue weighted by Gasteiger charge is -2.29. The summed E-state index contributed by atoms with van der Waals surface area (Å²) in [6.45, 7) is 7.50. The molecule has 0 aromatic carbocycles. The number of unbranched alkanes of at least 4 members (excludes halogenated alkanes) is 12. The van der Waals surface area contributed by atoms with E-state index in [2.05, 4.69) is 26.0 Å². The Kier molecular flexibility index (Phi) is 22.7. The van der Waals surface area contributed by atoms with Gasteiger partial charge in [0.1, 0.15) is 0 Å². The van der Waals surface area contributed by atoms with Gasteiger partial charge in [-0.3, -0.25) is 0 Å². The van der Waals surface area contributed by atoms with E-state index in [1.54, 1.807) is 0 Å². The maximum absolute atomic E-state index is 9.32.